The molecule has 5 heteroatoms. The first-order valence-electron chi connectivity index (χ1n) is 5.38. The SMILES string of the molecule is CCn1ncnc1CSc1ccc(C=O)cc1. The van der Waals surface area contributed by atoms with Crippen LogP contribution in [0.3, 0.4) is 0 Å². The Hall–Kier alpha value is -1.62. The van der Waals surface area contributed by atoms with Crippen molar-refractivity contribution in [1.82, 2.24) is 14.8 Å². The monoisotopic (exact) mass is 247 g/mol. The number of carbonyl (C=O) groups is 1. The van der Waals surface area contributed by atoms with E-state index in [1.165, 1.54) is 0 Å². The third kappa shape index (κ3) is 2.94. The molecular weight excluding hydrogens is 234 g/mol. The number of rotatable bonds is 5. The highest BCUT2D eigenvalue weighted by Crippen LogP contribution is 2.21. The molecule has 0 saturated heterocycles. The van der Waals surface area contributed by atoms with Crippen LogP contribution in [0.25, 0.3) is 0 Å². The maximum Gasteiger partial charge on any atom is 0.150 e. The Morgan fingerprint density at radius 2 is 2.12 bits per heavy atom. The minimum Gasteiger partial charge on any atom is -0.298 e. The number of thioether (sulfide) groups is 1. The van der Waals surface area contributed by atoms with Gasteiger partial charge in [-0.05, 0) is 19.1 Å². The number of carbonyl (C=O) groups excluding carboxylic acids is 1. The molecule has 0 unspecified atom stereocenters. The first-order chi connectivity index (χ1) is 8.33. The molecule has 0 radical (unpaired) electrons. The minimum atomic E-state index is 0.700. The smallest absolute Gasteiger partial charge is 0.150 e. The van der Waals surface area contributed by atoms with E-state index < -0.39 is 0 Å². The van der Waals surface area contributed by atoms with Crippen LogP contribution in [-0.2, 0) is 12.3 Å². The fraction of sp³-hybridized carbons (Fsp3) is 0.250. The molecule has 1 aromatic carbocycles. The van der Waals surface area contributed by atoms with Crippen molar-refractivity contribution in [1.29, 1.82) is 0 Å². The highest BCUT2D eigenvalue weighted by Gasteiger charge is 2.03. The summed E-state index contributed by atoms with van der Waals surface area (Å²) in [5.41, 5.74) is 0.700. The Morgan fingerprint density at radius 1 is 1.35 bits per heavy atom. The van der Waals surface area contributed by atoms with Crippen molar-refractivity contribution >= 4 is 18.0 Å². The number of hydrogen-bond acceptors (Lipinski definition) is 4. The highest BCUT2D eigenvalue weighted by atomic mass is 32.2. The lowest BCUT2D eigenvalue weighted by molar-refractivity contribution is 0.112. The van der Waals surface area contributed by atoms with Crippen molar-refractivity contribution in [3.05, 3.63) is 42.0 Å². The van der Waals surface area contributed by atoms with E-state index in [1.807, 2.05) is 35.9 Å². The molecule has 0 bridgehead atoms. The van der Waals surface area contributed by atoms with Crippen molar-refractivity contribution in [2.75, 3.05) is 0 Å². The fourth-order valence-corrected chi connectivity index (χ4v) is 2.30. The van der Waals surface area contributed by atoms with Crippen LogP contribution in [0.2, 0.25) is 0 Å². The third-order valence-electron chi connectivity index (χ3n) is 2.38. The maximum atomic E-state index is 10.5. The van der Waals surface area contributed by atoms with Crippen LogP contribution in [0.4, 0.5) is 0 Å². The Morgan fingerprint density at radius 3 is 2.76 bits per heavy atom. The van der Waals surface area contributed by atoms with E-state index in [-0.39, 0.29) is 0 Å². The minimum absolute atomic E-state index is 0.700. The predicted octanol–water partition coefficient (Wildman–Crippen LogP) is 2.40. The molecular formula is C12H13N3OS. The summed E-state index contributed by atoms with van der Waals surface area (Å²) in [4.78, 5) is 15.9. The normalized spacial score (nSPS) is 10.4. The van der Waals surface area contributed by atoms with Gasteiger partial charge in [0.1, 0.15) is 18.4 Å². The molecule has 0 fully saturated rings. The Bertz CT molecular complexity index is 493. The van der Waals surface area contributed by atoms with E-state index in [2.05, 4.69) is 10.1 Å². The van der Waals surface area contributed by atoms with Crippen LogP contribution in [0.1, 0.15) is 23.1 Å². The topological polar surface area (TPSA) is 47.8 Å². The van der Waals surface area contributed by atoms with Gasteiger partial charge in [0.05, 0.1) is 5.75 Å². The Balaban J connectivity index is 1.99. The molecule has 2 aromatic rings. The zero-order valence-corrected chi connectivity index (χ0v) is 10.4. The average molecular weight is 247 g/mol. The van der Waals surface area contributed by atoms with Crippen LogP contribution in [0.5, 0.6) is 0 Å². The molecule has 0 aliphatic heterocycles. The van der Waals surface area contributed by atoms with Gasteiger partial charge in [-0.15, -0.1) is 11.8 Å². The van der Waals surface area contributed by atoms with Crippen LogP contribution in [-0.4, -0.2) is 21.1 Å². The summed E-state index contributed by atoms with van der Waals surface area (Å²) in [5, 5.41) is 4.12. The molecule has 1 aromatic heterocycles. The molecule has 0 aliphatic rings. The third-order valence-corrected chi connectivity index (χ3v) is 3.39. The largest absolute Gasteiger partial charge is 0.298 e. The number of benzene rings is 1. The van der Waals surface area contributed by atoms with Gasteiger partial charge in [-0.2, -0.15) is 5.10 Å². The number of hydrogen-bond donors (Lipinski definition) is 0. The second kappa shape index (κ2) is 5.63. The molecule has 0 spiro atoms. The van der Waals surface area contributed by atoms with Gasteiger partial charge in [0.15, 0.2) is 0 Å². The van der Waals surface area contributed by atoms with Gasteiger partial charge in [0.2, 0.25) is 0 Å². The summed E-state index contributed by atoms with van der Waals surface area (Å²) in [6, 6.07) is 7.53. The molecule has 0 saturated carbocycles. The van der Waals surface area contributed by atoms with Crippen LogP contribution >= 0.6 is 11.8 Å². The van der Waals surface area contributed by atoms with Crippen molar-refractivity contribution in [3.8, 4) is 0 Å². The van der Waals surface area contributed by atoms with Gasteiger partial charge in [0.25, 0.3) is 0 Å². The molecule has 0 amide bonds. The molecule has 1 heterocycles. The van der Waals surface area contributed by atoms with Crippen LogP contribution < -0.4 is 0 Å². The quantitative estimate of drug-likeness (QED) is 0.601. The van der Waals surface area contributed by atoms with E-state index >= 15 is 0 Å². The van der Waals surface area contributed by atoms with Gasteiger partial charge in [-0.1, -0.05) is 12.1 Å². The summed E-state index contributed by atoms with van der Waals surface area (Å²) in [7, 11) is 0. The van der Waals surface area contributed by atoms with Gasteiger partial charge in [-0.25, -0.2) is 9.67 Å². The zero-order valence-electron chi connectivity index (χ0n) is 9.54. The average Bonchev–Trinajstić information content (AvgIpc) is 2.84. The van der Waals surface area contributed by atoms with Crippen LogP contribution in [0.15, 0.2) is 35.5 Å². The maximum absolute atomic E-state index is 10.5. The van der Waals surface area contributed by atoms with Crippen molar-refractivity contribution in [3.63, 3.8) is 0 Å². The highest BCUT2D eigenvalue weighted by molar-refractivity contribution is 7.98. The van der Waals surface area contributed by atoms with Crippen molar-refractivity contribution in [2.24, 2.45) is 0 Å². The van der Waals surface area contributed by atoms with E-state index in [9.17, 15) is 4.79 Å². The standard InChI is InChI=1S/C12H13N3OS/c1-2-15-12(13-9-14-15)8-17-11-5-3-10(7-16)4-6-11/h3-7,9H,2,8H2,1H3. The molecule has 2 rings (SSSR count). The summed E-state index contributed by atoms with van der Waals surface area (Å²) < 4.78 is 1.88. The number of aryl methyl sites for hydroxylation is 1. The molecule has 88 valence electrons. The zero-order chi connectivity index (χ0) is 12.1. The van der Waals surface area contributed by atoms with Gasteiger partial charge in [0, 0.05) is 17.0 Å². The second-order valence-electron chi connectivity index (χ2n) is 3.47. The van der Waals surface area contributed by atoms with E-state index in [0.717, 1.165) is 29.3 Å². The van der Waals surface area contributed by atoms with Gasteiger partial charge >= 0.3 is 0 Å². The lowest BCUT2D eigenvalue weighted by Gasteiger charge is -2.03. The van der Waals surface area contributed by atoms with E-state index in [0.29, 0.717) is 5.56 Å². The molecule has 4 nitrogen and oxygen atoms in total. The first kappa shape index (κ1) is 11.9. The summed E-state index contributed by atoms with van der Waals surface area (Å²) in [5.74, 6) is 1.76. The van der Waals surface area contributed by atoms with Crippen LogP contribution in [0, 0.1) is 0 Å². The molecule has 0 atom stereocenters. The predicted molar refractivity (Wildman–Crippen MR) is 67.1 cm³/mol. The van der Waals surface area contributed by atoms with E-state index in [4.69, 9.17) is 0 Å². The van der Waals surface area contributed by atoms with Gasteiger partial charge < -0.3 is 0 Å². The second-order valence-corrected chi connectivity index (χ2v) is 4.52. The summed E-state index contributed by atoms with van der Waals surface area (Å²) in [6.45, 7) is 2.88. The number of aromatic nitrogens is 3. The number of aldehydes is 1. The lowest BCUT2D eigenvalue weighted by atomic mass is 10.2. The van der Waals surface area contributed by atoms with Crippen molar-refractivity contribution in [2.45, 2.75) is 24.1 Å². The summed E-state index contributed by atoms with van der Waals surface area (Å²) in [6.07, 6.45) is 2.43. The Labute approximate surface area is 104 Å². The van der Waals surface area contributed by atoms with Gasteiger partial charge in [-0.3, -0.25) is 4.79 Å². The first-order valence-corrected chi connectivity index (χ1v) is 6.36. The molecule has 17 heavy (non-hydrogen) atoms. The Kier molecular flexibility index (Phi) is 3.93. The molecule has 0 N–H and O–H groups in total. The lowest BCUT2D eigenvalue weighted by Crippen LogP contribution is -2.01. The number of nitrogens with zero attached hydrogens (tertiary/aromatic N) is 3. The van der Waals surface area contributed by atoms with E-state index in [1.54, 1.807) is 18.1 Å². The molecule has 0 aliphatic carbocycles. The van der Waals surface area contributed by atoms with Crippen molar-refractivity contribution < 1.29 is 4.79 Å². The summed E-state index contributed by atoms with van der Waals surface area (Å²) >= 11 is 1.69. The fourth-order valence-electron chi connectivity index (χ4n) is 1.45.